The van der Waals surface area contributed by atoms with Gasteiger partial charge in [0.05, 0.1) is 21.8 Å². The van der Waals surface area contributed by atoms with Crippen molar-refractivity contribution in [2.45, 2.75) is 27.3 Å². The van der Waals surface area contributed by atoms with E-state index < -0.39 is 0 Å². The molecule has 0 aliphatic heterocycles. The minimum absolute atomic E-state index is 0.127. The molecule has 2 aromatic heterocycles. The molecule has 3 aromatic rings. The highest BCUT2D eigenvalue weighted by Crippen LogP contribution is 2.24. The second-order valence-electron chi connectivity index (χ2n) is 6.42. The molecule has 4 nitrogen and oxygen atoms in total. The minimum atomic E-state index is -0.127. The zero-order valence-corrected chi connectivity index (χ0v) is 16.8. The molecule has 0 radical (unpaired) electrons. The Morgan fingerprint density at radius 3 is 2.59 bits per heavy atom. The van der Waals surface area contributed by atoms with Crippen LogP contribution in [0.4, 0.5) is 5.69 Å². The molecule has 27 heavy (non-hydrogen) atoms. The number of thiophene rings is 1. The highest BCUT2D eigenvalue weighted by molar-refractivity contribution is 7.13. The van der Waals surface area contributed by atoms with Gasteiger partial charge in [-0.2, -0.15) is 0 Å². The monoisotopic (exact) mass is 379 g/mol. The predicted molar refractivity (Wildman–Crippen MR) is 113 cm³/mol. The quantitative estimate of drug-likeness (QED) is 0.613. The molecule has 0 saturated carbocycles. The smallest absolute Gasteiger partial charge is 0.257 e. The number of carbonyl (C=O) groups excluding carboxylic acids is 1. The van der Waals surface area contributed by atoms with Crippen LogP contribution >= 0.6 is 11.3 Å². The SMILES string of the molecule is CCN(CC)Cc1cccc(NC(=O)c2ccc(-c3cccs3)nc2C)c1. The van der Waals surface area contributed by atoms with E-state index in [2.05, 4.69) is 35.1 Å². The maximum Gasteiger partial charge on any atom is 0.257 e. The largest absolute Gasteiger partial charge is 0.322 e. The van der Waals surface area contributed by atoms with Crippen LogP contribution in [0, 0.1) is 6.92 Å². The first-order valence-corrected chi connectivity index (χ1v) is 10.1. The Hall–Kier alpha value is -2.50. The molecular formula is C22H25N3OS. The van der Waals surface area contributed by atoms with Crippen molar-refractivity contribution >= 4 is 22.9 Å². The number of hydrogen-bond donors (Lipinski definition) is 1. The summed E-state index contributed by atoms with van der Waals surface area (Å²) in [7, 11) is 0. The molecular weight excluding hydrogens is 354 g/mol. The lowest BCUT2D eigenvalue weighted by molar-refractivity contribution is 0.102. The fourth-order valence-electron chi connectivity index (χ4n) is 3.01. The lowest BCUT2D eigenvalue weighted by Crippen LogP contribution is -2.22. The number of pyridine rings is 1. The van der Waals surface area contributed by atoms with Crippen LogP contribution in [0.3, 0.4) is 0 Å². The highest BCUT2D eigenvalue weighted by atomic mass is 32.1. The number of carbonyl (C=O) groups is 1. The summed E-state index contributed by atoms with van der Waals surface area (Å²) in [5.74, 6) is -0.127. The molecule has 140 valence electrons. The number of aromatic nitrogens is 1. The molecule has 1 N–H and O–H groups in total. The Balaban J connectivity index is 1.74. The summed E-state index contributed by atoms with van der Waals surface area (Å²) in [6, 6.07) is 15.8. The molecule has 0 atom stereocenters. The summed E-state index contributed by atoms with van der Waals surface area (Å²) in [5, 5.41) is 5.03. The average Bonchev–Trinajstić information content (AvgIpc) is 3.21. The molecule has 1 amide bonds. The summed E-state index contributed by atoms with van der Waals surface area (Å²) < 4.78 is 0. The number of amides is 1. The van der Waals surface area contributed by atoms with Crippen molar-refractivity contribution in [3.05, 3.63) is 70.7 Å². The van der Waals surface area contributed by atoms with E-state index >= 15 is 0 Å². The molecule has 0 aliphatic carbocycles. The third kappa shape index (κ3) is 4.81. The van der Waals surface area contributed by atoms with Crippen LogP contribution in [0.15, 0.2) is 53.9 Å². The van der Waals surface area contributed by atoms with E-state index in [0.29, 0.717) is 5.56 Å². The van der Waals surface area contributed by atoms with Crippen molar-refractivity contribution in [1.29, 1.82) is 0 Å². The van der Waals surface area contributed by atoms with Gasteiger partial charge in [-0.25, -0.2) is 0 Å². The molecule has 3 rings (SSSR count). The third-order valence-corrected chi connectivity index (χ3v) is 5.48. The lowest BCUT2D eigenvalue weighted by atomic mass is 10.1. The normalized spacial score (nSPS) is 11.0. The first-order valence-electron chi connectivity index (χ1n) is 9.25. The van der Waals surface area contributed by atoms with Crippen LogP contribution < -0.4 is 5.32 Å². The van der Waals surface area contributed by atoms with E-state index in [1.807, 2.05) is 54.8 Å². The molecule has 0 aliphatic rings. The van der Waals surface area contributed by atoms with Gasteiger partial charge in [0.2, 0.25) is 0 Å². The summed E-state index contributed by atoms with van der Waals surface area (Å²) in [6.45, 7) is 9.09. The van der Waals surface area contributed by atoms with Crippen LogP contribution in [-0.4, -0.2) is 28.9 Å². The maximum absolute atomic E-state index is 12.7. The molecule has 5 heteroatoms. The Kier molecular flexibility index (Phi) is 6.37. The van der Waals surface area contributed by atoms with Crippen LogP contribution in [0.25, 0.3) is 10.6 Å². The van der Waals surface area contributed by atoms with Crippen molar-refractivity contribution in [3.63, 3.8) is 0 Å². The first-order chi connectivity index (χ1) is 13.1. The molecule has 0 unspecified atom stereocenters. The molecule has 0 bridgehead atoms. The van der Waals surface area contributed by atoms with E-state index in [-0.39, 0.29) is 5.91 Å². The summed E-state index contributed by atoms with van der Waals surface area (Å²) in [6.07, 6.45) is 0. The van der Waals surface area contributed by atoms with E-state index in [0.717, 1.165) is 41.6 Å². The number of nitrogens with zero attached hydrogens (tertiary/aromatic N) is 2. The number of anilines is 1. The first kappa shape index (κ1) is 19.3. The molecule has 0 spiro atoms. The number of benzene rings is 1. The molecule has 0 saturated heterocycles. The van der Waals surface area contributed by atoms with Gasteiger partial charge >= 0.3 is 0 Å². The fraction of sp³-hybridized carbons (Fsp3) is 0.273. The second-order valence-corrected chi connectivity index (χ2v) is 7.37. The molecule has 0 fully saturated rings. The Morgan fingerprint density at radius 1 is 1.11 bits per heavy atom. The fourth-order valence-corrected chi connectivity index (χ4v) is 3.71. The van der Waals surface area contributed by atoms with E-state index in [1.165, 1.54) is 5.56 Å². The average molecular weight is 380 g/mol. The van der Waals surface area contributed by atoms with Crippen LogP contribution in [0.1, 0.15) is 35.5 Å². The second kappa shape index (κ2) is 8.93. The van der Waals surface area contributed by atoms with Crippen molar-refractivity contribution in [3.8, 4) is 10.6 Å². The summed E-state index contributed by atoms with van der Waals surface area (Å²) in [4.78, 5) is 20.8. The van der Waals surface area contributed by atoms with E-state index in [4.69, 9.17) is 0 Å². The van der Waals surface area contributed by atoms with Crippen LogP contribution in [-0.2, 0) is 6.54 Å². The molecule has 2 heterocycles. The zero-order chi connectivity index (χ0) is 19.2. The topological polar surface area (TPSA) is 45.2 Å². The highest BCUT2D eigenvalue weighted by Gasteiger charge is 2.12. The van der Waals surface area contributed by atoms with Crippen molar-refractivity contribution in [2.24, 2.45) is 0 Å². The summed E-state index contributed by atoms with van der Waals surface area (Å²) >= 11 is 1.64. The number of hydrogen-bond acceptors (Lipinski definition) is 4. The molecule has 1 aromatic carbocycles. The Morgan fingerprint density at radius 2 is 1.93 bits per heavy atom. The Bertz CT molecular complexity index is 902. The van der Waals surface area contributed by atoms with Crippen molar-refractivity contribution < 1.29 is 4.79 Å². The van der Waals surface area contributed by atoms with Gasteiger partial charge in [-0.1, -0.05) is 32.0 Å². The third-order valence-electron chi connectivity index (χ3n) is 4.59. The Labute approximate surface area is 164 Å². The van der Waals surface area contributed by atoms with Gasteiger partial charge in [-0.3, -0.25) is 14.7 Å². The van der Waals surface area contributed by atoms with Crippen LogP contribution in [0.2, 0.25) is 0 Å². The van der Waals surface area contributed by atoms with E-state index in [1.54, 1.807) is 11.3 Å². The maximum atomic E-state index is 12.7. The van der Waals surface area contributed by atoms with Gasteiger partial charge in [-0.05, 0) is 61.3 Å². The van der Waals surface area contributed by atoms with Gasteiger partial charge in [0, 0.05) is 12.2 Å². The van der Waals surface area contributed by atoms with Crippen LogP contribution in [0.5, 0.6) is 0 Å². The van der Waals surface area contributed by atoms with Gasteiger partial charge < -0.3 is 5.32 Å². The predicted octanol–water partition coefficient (Wildman–Crippen LogP) is 5.21. The number of nitrogens with one attached hydrogen (secondary N) is 1. The summed E-state index contributed by atoms with van der Waals surface area (Å²) in [5.41, 5.74) is 4.24. The van der Waals surface area contributed by atoms with Gasteiger partial charge in [0.15, 0.2) is 0 Å². The minimum Gasteiger partial charge on any atom is -0.322 e. The zero-order valence-electron chi connectivity index (χ0n) is 16.0. The van der Waals surface area contributed by atoms with E-state index in [9.17, 15) is 4.79 Å². The standard InChI is InChI=1S/C22H25N3OS/c1-4-25(5-2)15-17-8-6-9-18(14-17)24-22(26)19-11-12-20(23-16(19)3)21-10-7-13-27-21/h6-14H,4-5,15H2,1-3H3,(H,24,26). The van der Waals surface area contributed by atoms with Crippen molar-refractivity contribution in [2.75, 3.05) is 18.4 Å². The van der Waals surface area contributed by atoms with Crippen molar-refractivity contribution in [1.82, 2.24) is 9.88 Å². The van der Waals surface area contributed by atoms with Gasteiger partial charge in [0.25, 0.3) is 5.91 Å². The lowest BCUT2D eigenvalue weighted by Gasteiger charge is -2.18. The number of rotatable bonds is 7. The van der Waals surface area contributed by atoms with Gasteiger partial charge in [-0.15, -0.1) is 11.3 Å². The number of aryl methyl sites for hydroxylation is 1. The van der Waals surface area contributed by atoms with Gasteiger partial charge in [0.1, 0.15) is 0 Å².